The van der Waals surface area contributed by atoms with Crippen LogP contribution in [0.3, 0.4) is 0 Å². The van der Waals surface area contributed by atoms with Gasteiger partial charge in [-0.05, 0) is 51.5 Å². The lowest BCUT2D eigenvalue weighted by molar-refractivity contribution is -0.119. The Morgan fingerprint density at radius 3 is 2.34 bits per heavy atom. The highest BCUT2D eigenvalue weighted by Crippen LogP contribution is 2.22. The zero-order valence-electron chi connectivity index (χ0n) is 18.6. The minimum absolute atomic E-state index is 0.106. The Hall–Kier alpha value is -3.32. The lowest BCUT2D eigenvalue weighted by Gasteiger charge is -2.15. The van der Waals surface area contributed by atoms with Crippen LogP contribution in [0.5, 0.6) is 0 Å². The SMILES string of the molecule is Cc1ccc([C@@H](C)NC(=O)CSc2nc3cc(C)[nH]c3c(=O)n2-c2ccc(C)cc2)cc1. The van der Waals surface area contributed by atoms with Crippen molar-refractivity contribution in [3.8, 4) is 5.69 Å². The van der Waals surface area contributed by atoms with E-state index < -0.39 is 0 Å². The molecule has 0 aliphatic rings. The van der Waals surface area contributed by atoms with Gasteiger partial charge in [0.2, 0.25) is 5.91 Å². The minimum Gasteiger partial charge on any atom is -0.353 e. The molecule has 7 heteroatoms. The van der Waals surface area contributed by atoms with Crippen molar-refractivity contribution in [2.75, 3.05) is 5.75 Å². The maximum atomic E-state index is 13.3. The van der Waals surface area contributed by atoms with E-state index in [0.717, 1.165) is 22.5 Å². The van der Waals surface area contributed by atoms with Gasteiger partial charge in [-0.1, -0.05) is 59.3 Å². The average Bonchev–Trinajstić information content (AvgIpc) is 3.14. The molecule has 2 aromatic heterocycles. The van der Waals surface area contributed by atoms with Crippen molar-refractivity contribution < 1.29 is 4.79 Å². The van der Waals surface area contributed by atoms with E-state index >= 15 is 0 Å². The number of nitrogens with one attached hydrogen (secondary N) is 2. The summed E-state index contributed by atoms with van der Waals surface area (Å²) >= 11 is 1.26. The van der Waals surface area contributed by atoms with Gasteiger partial charge >= 0.3 is 0 Å². The van der Waals surface area contributed by atoms with E-state index in [4.69, 9.17) is 0 Å². The number of rotatable bonds is 6. The number of hydrogen-bond acceptors (Lipinski definition) is 4. The number of thioether (sulfide) groups is 1. The Labute approximate surface area is 191 Å². The molecule has 4 aromatic rings. The number of aryl methyl sites for hydroxylation is 3. The van der Waals surface area contributed by atoms with Gasteiger partial charge in [0.15, 0.2) is 5.16 Å². The molecule has 0 aliphatic carbocycles. The molecule has 6 nitrogen and oxygen atoms in total. The molecule has 0 bridgehead atoms. The fourth-order valence-electron chi connectivity index (χ4n) is 3.55. The molecule has 0 spiro atoms. The normalized spacial score (nSPS) is 12.1. The van der Waals surface area contributed by atoms with Crippen molar-refractivity contribution in [2.45, 2.75) is 38.9 Å². The molecular formula is C25H26N4O2S. The molecule has 2 aromatic carbocycles. The molecule has 1 amide bonds. The Morgan fingerprint density at radius 2 is 1.69 bits per heavy atom. The highest BCUT2D eigenvalue weighted by atomic mass is 32.2. The molecule has 2 heterocycles. The lowest BCUT2D eigenvalue weighted by Crippen LogP contribution is -2.29. The molecule has 0 radical (unpaired) electrons. The maximum Gasteiger partial charge on any atom is 0.283 e. The molecule has 0 unspecified atom stereocenters. The quantitative estimate of drug-likeness (QED) is 0.335. The van der Waals surface area contributed by atoms with Crippen LogP contribution >= 0.6 is 11.8 Å². The molecule has 1 atom stereocenters. The summed E-state index contributed by atoms with van der Waals surface area (Å²) in [7, 11) is 0. The number of aromatic nitrogens is 3. The van der Waals surface area contributed by atoms with Crippen LogP contribution in [-0.4, -0.2) is 26.2 Å². The third kappa shape index (κ3) is 4.62. The Bertz CT molecular complexity index is 1320. The van der Waals surface area contributed by atoms with E-state index in [2.05, 4.69) is 15.3 Å². The van der Waals surface area contributed by atoms with Crippen LogP contribution in [0.1, 0.15) is 35.3 Å². The number of amides is 1. The number of benzene rings is 2. The van der Waals surface area contributed by atoms with E-state index in [0.29, 0.717) is 16.2 Å². The molecule has 0 aliphatic heterocycles. The first-order valence-corrected chi connectivity index (χ1v) is 11.5. The predicted molar refractivity (Wildman–Crippen MR) is 130 cm³/mol. The van der Waals surface area contributed by atoms with Gasteiger partial charge in [0, 0.05) is 5.69 Å². The lowest BCUT2D eigenvalue weighted by atomic mass is 10.1. The van der Waals surface area contributed by atoms with Gasteiger partial charge in [0.05, 0.1) is 23.0 Å². The molecule has 4 rings (SSSR count). The van der Waals surface area contributed by atoms with E-state index in [-0.39, 0.29) is 23.3 Å². The number of hydrogen-bond donors (Lipinski definition) is 2. The Kier molecular flexibility index (Phi) is 6.19. The summed E-state index contributed by atoms with van der Waals surface area (Å²) in [4.78, 5) is 33.7. The first-order chi connectivity index (χ1) is 15.3. The summed E-state index contributed by atoms with van der Waals surface area (Å²) in [5.41, 5.74) is 5.81. The van der Waals surface area contributed by atoms with E-state index in [1.807, 2.05) is 82.3 Å². The van der Waals surface area contributed by atoms with Gasteiger partial charge in [-0.15, -0.1) is 0 Å². The molecular weight excluding hydrogens is 420 g/mol. The second-order valence-electron chi connectivity index (χ2n) is 8.07. The largest absolute Gasteiger partial charge is 0.353 e. The predicted octanol–water partition coefficient (Wildman–Crippen LogP) is 4.61. The van der Waals surface area contributed by atoms with Gasteiger partial charge in [0.25, 0.3) is 5.56 Å². The van der Waals surface area contributed by atoms with Crippen LogP contribution in [0.4, 0.5) is 0 Å². The van der Waals surface area contributed by atoms with Crippen LogP contribution in [0.25, 0.3) is 16.7 Å². The maximum absolute atomic E-state index is 13.3. The molecule has 32 heavy (non-hydrogen) atoms. The fourth-order valence-corrected chi connectivity index (χ4v) is 4.37. The van der Waals surface area contributed by atoms with Crippen LogP contribution in [-0.2, 0) is 4.79 Å². The van der Waals surface area contributed by atoms with Crippen molar-refractivity contribution in [3.63, 3.8) is 0 Å². The number of carbonyl (C=O) groups is 1. The summed E-state index contributed by atoms with van der Waals surface area (Å²) in [5, 5.41) is 3.52. The van der Waals surface area contributed by atoms with Crippen LogP contribution in [0.2, 0.25) is 0 Å². The van der Waals surface area contributed by atoms with E-state index in [9.17, 15) is 9.59 Å². The Morgan fingerprint density at radius 1 is 1.06 bits per heavy atom. The summed E-state index contributed by atoms with van der Waals surface area (Å²) < 4.78 is 1.57. The number of fused-ring (bicyclic) bond motifs is 1. The van der Waals surface area contributed by atoms with Gasteiger partial charge in [-0.25, -0.2) is 4.98 Å². The van der Waals surface area contributed by atoms with Crippen molar-refractivity contribution in [1.82, 2.24) is 19.9 Å². The van der Waals surface area contributed by atoms with Crippen molar-refractivity contribution >= 4 is 28.7 Å². The summed E-state index contributed by atoms with van der Waals surface area (Å²) in [6.07, 6.45) is 0. The highest BCUT2D eigenvalue weighted by Gasteiger charge is 2.17. The summed E-state index contributed by atoms with van der Waals surface area (Å²) in [5.74, 6) is 0.0433. The standard InChI is InChI=1S/C25H26N4O2S/c1-15-5-9-19(10-6-15)18(4)27-22(30)14-32-25-28-21-13-17(3)26-23(21)24(31)29(25)20-11-7-16(2)8-12-20/h5-13,18,26H,14H2,1-4H3,(H,27,30)/t18-/m1/s1. The van der Waals surface area contributed by atoms with Gasteiger partial charge in [0.1, 0.15) is 5.52 Å². The third-order valence-electron chi connectivity index (χ3n) is 5.34. The fraction of sp³-hybridized carbons (Fsp3) is 0.240. The van der Waals surface area contributed by atoms with Crippen molar-refractivity contribution in [3.05, 3.63) is 87.3 Å². The highest BCUT2D eigenvalue weighted by molar-refractivity contribution is 7.99. The molecule has 164 valence electrons. The van der Waals surface area contributed by atoms with Crippen molar-refractivity contribution in [1.29, 1.82) is 0 Å². The smallest absolute Gasteiger partial charge is 0.283 e. The third-order valence-corrected chi connectivity index (χ3v) is 6.27. The second-order valence-corrected chi connectivity index (χ2v) is 9.01. The first kappa shape index (κ1) is 21.9. The average molecular weight is 447 g/mol. The molecule has 0 fully saturated rings. The van der Waals surface area contributed by atoms with Crippen molar-refractivity contribution in [2.24, 2.45) is 0 Å². The van der Waals surface area contributed by atoms with Gasteiger partial charge in [-0.2, -0.15) is 0 Å². The number of nitrogens with zero attached hydrogens (tertiary/aromatic N) is 2. The molecule has 0 saturated carbocycles. The first-order valence-electron chi connectivity index (χ1n) is 10.5. The monoisotopic (exact) mass is 446 g/mol. The van der Waals surface area contributed by atoms with Crippen LogP contribution in [0, 0.1) is 20.8 Å². The van der Waals surface area contributed by atoms with E-state index in [1.54, 1.807) is 4.57 Å². The molecule has 2 N–H and O–H groups in total. The Balaban J connectivity index is 1.59. The minimum atomic E-state index is -0.178. The number of H-pyrrole nitrogens is 1. The number of aromatic amines is 1. The summed E-state index contributed by atoms with van der Waals surface area (Å²) in [6, 6.07) is 17.5. The van der Waals surface area contributed by atoms with Crippen LogP contribution < -0.4 is 10.9 Å². The zero-order chi connectivity index (χ0) is 22.8. The number of carbonyl (C=O) groups excluding carboxylic acids is 1. The van der Waals surface area contributed by atoms with Gasteiger partial charge < -0.3 is 10.3 Å². The topological polar surface area (TPSA) is 79.8 Å². The second kappa shape index (κ2) is 9.04. The van der Waals surface area contributed by atoms with Crippen LogP contribution in [0.15, 0.2) is 64.5 Å². The zero-order valence-corrected chi connectivity index (χ0v) is 19.4. The van der Waals surface area contributed by atoms with Gasteiger partial charge in [-0.3, -0.25) is 14.2 Å². The summed E-state index contributed by atoms with van der Waals surface area (Å²) in [6.45, 7) is 7.89. The van der Waals surface area contributed by atoms with E-state index in [1.165, 1.54) is 17.3 Å². The molecule has 0 saturated heterocycles.